The standard InChI is InChI=1S/C13H22N6O/c1-11(12(20)18-4-2-3-5-18)17-6-8-19(9-7-17)13-14-10-15-16-13/h10-11H,2-9H2,1H3,(H,14,15,16)/t11-/m0/s1. The van der Waals surface area contributed by atoms with E-state index in [9.17, 15) is 4.79 Å². The number of amides is 1. The molecular weight excluding hydrogens is 256 g/mol. The summed E-state index contributed by atoms with van der Waals surface area (Å²) >= 11 is 0. The average molecular weight is 278 g/mol. The maximum absolute atomic E-state index is 12.4. The fraction of sp³-hybridized carbons (Fsp3) is 0.769. The Balaban J connectivity index is 1.53. The fourth-order valence-corrected chi connectivity index (χ4v) is 3.03. The third kappa shape index (κ3) is 2.63. The molecule has 0 unspecified atom stereocenters. The molecule has 1 aromatic heterocycles. The Morgan fingerprint density at radius 2 is 1.90 bits per heavy atom. The molecule has 2 saturated heterocycles. The molecule has 1 N–H and O–H groups in total. The molecule has 0 radical (unpaired) electrons. The molecule has 1 amide bonds. The van der Waals surface area contributed by atoms with Crippen LogP contribution in [-0.4, -0.2) is 76.2 Å². The summed E-state index contributed by atoms with van der Waals surface area (Å²) in [5.41, 5.74) is 0. The van der Waals surface area contributed by atoms with E-state index in [-0.39, 0.29) is 11.9 Å². The lowest BCUT2D eigenvalue weighted by atomic mass is 10.2. The minimum atomic E-state index is -0.00928. The zero-order valence-corrected chi connectivity index (χ0v) is 12.0. The van der Waals surface area contributed by atoms with Crippen molar-refractivity contribution in [1.82, 2.24) is 25.0 Å². The van der Waals surface area contributed by atoms with E-state index in [1.807, 2.05) is 11.8 Å². The van der Waals surface area contributed by atoms with Gasteiger partial charge in [0.2, 0.25) is 11.9 Å². The number of piperazine rings is 1. The van der Waals surface area contributed by atoms with Gasteiger partial charge < -0.3 is 9.80 Å². The van der Waals surface area contributed by atoms with Crippen LogP contribution in [0.25, 0.3) is 0 Å². The SMILES string of the molecule is C[C@@H](C(=O)N1CCCC1)N1CCN(c2ncn[nH]2)CC1. The van der Waals surface area contributed by atoms with Crippen LogP contribution in [0.5, 0.6) is 0 Å². The summed E-state index contributed by atoms with van der Waals surface area (Å²) in [6.07, 6.45) is 3.83. The summed E-state index contributed by atoms with van der Waals surface area (Å²) in [5.74, 6) is 1.11. The van der Waals surface area contributed by atoms with Crippen LogP contribution in [0.15, 0.2) is 6.33 Å². The Morgan fingerprint density at radius 1 is 1.20 bits per heavy atom. The molecule has 0 aliphatic carbocycles. The maximum atomic E-state index is 12.4. The molecule has 2 fully saturated rings. The minimum absolute atomic E-state index is 0.00928. The van der Waals surface area contributed by atoms with E-state index in [0.717, 1.165) is 58.1 Å². The smallest absolute Gasteiger partial charge is 0.239 e. The van der Waals surface area contributed by atoms with Gasteiger partial charge in [0.05, 0.1) is 6.04 Å². The van der Waals surface area contributed by atoms with E-state index < -0.39 is 0 Å². The van der Waals surface area contributed by atoms with Crippen molar-refractivity contribution in [3.63, 3.8) is 0 Å². The number of carbonyl (C=O) groups is 1. The van der Waals surface area contributed by atoms with Crippen molar-refractivity contribution in [3.05, 3.63) is 6.33 Å². The molecule has 20 heavy (non-hydrogen) atoms. The zero-order valence-electron chi connectivity index (χ0n) is 12.0. The quantitative estimate of drug-likeness (QED) is 0.839. The molecule has 1 aromatic rings. The number of likely N-dealkylation sites (tertiary alicyclic amines) is 1. The van der Waals surface area contributed by atoms with E-state index in [2.05, 4.69) is 25.0 Å². The highest BCUT2D eigenvalue weighted by Crippen LogP contribution is 2.15. The molecule has 0 saturated carbocycles. The third-order valence-electron chi connectivity index (χ3n) is 4.34. The molecule has 1 atom stereocenters. The van der Waals surface area contributed by atoms with Crippen molar-refractivity contribution in [3.8, 4) is 0 Å². The zero-order chi connectivity index (χ0) is 13.9. The molecule has 0 aromatic carbocycles. The molecule has 110 valence electrons. The molecule has 3 rings (SSSR count). The predicted molar refractivity (Wildman–Crippen MR) is 75.4 cm³/mol. The number of nitrogens with zero attached hydrogens (tertiary/aromatic N) is 5. The van der Waals surface area contributed by atoms with Crippen LogP contribution in [0.1, 0.15) is 19.8 Å². The summed E-state index contributed by atoms with van der Waals surface area (Å²) in [5, 5.41) is 6.77. The Hall–Kier alpha value is -1.63. The van der Waals surface area contributed by atoms with Crippen LogP contribution < -0.4 is 4.90 Å². The van der Waals surface area contributed by atoms with Crippen LogP contribution in [0.2, 0.25) is 0 Å². The summed E-state index contributed by atoms with van der Waals surface area (Å²) < 4.78 is 0. The van der Waals surface area contributed by atoms with Crippen molar-refractivity contribution in [2.75, 3.05) is 44.2 Å². The number of hydrogen-bond acceptors (Lipinski definition) is 5. The molecule has 2 aliphatic rings. The van der Waals surface area contributed by atoms with Crippen molar-refractivity contribution >= 4 is 11.9 Å². The third-order valence-corrected chi connectivity index (χ3v) is 4.34. The van der Waals surface area contributed by atoms with Crippen LogP contribution in [0.3, 0.4) is 0 Å². The van der Waals surface area contributed by atoms with Gasteiger partial charge in [-0.25, -0.2) is 5.10 Å². The van der Waals surface area contributed by atoms with Gasteiger partial charge in [-0.15, -0.1) is 0 Å². The first-order valence-corrected chi connectivity index (χ1v) is 7.39. The highest BCUT2D eigenvalue weighted by Gasteiger charge is 2.30. The molecule has 0 bridgehead atoms. The predicted octanol–water partition coefficient (Wildman–Crippen LogP) is -0.0624. The van der Waals surface area contributed by atoms with Crippen LogP contribution in [0, 0.1) is 0 Å². The number of aromatic amines is 1. The van der Waals surface area contributed by atoms with Crippen molar-refractivity contribution in [2.24, 2.45) is 0 Å². The van der Waals surface area contributed by atoms with Gasteiger partial charge in [0.15, 0.2) is 0 Å². The maximum Gasteiger partial charge on any atom is 0.239 e. The van der Waals surface area contributed by atoms with Crippen molar-refractivity contribution < 1.29 is 4.79 Å². The number of rotatable bonds is 3. The van der Waals surface area contributed by atoms with E-state index in [0.29, 0.717) is 0 Å². The van der Waals surface area contributed by atoms with Gasteiger partial charge in [-0.1, -0.05) is 0 Å². The number of hydrogen-bond donors (Lipinski definition) is 1. The molecule has 3 heterocycles. The van der Waals surface area contributed by atoms with E-state index >= 15 is 0 Å². The van der Waals surface area contributed by atoms with Gasteiger partial charge in [0, 0.05) is 39.3 Å². The summed E-state index contributed by atoms with van der Waals surface area (Å²) in [6.45, 7) is 7.44. The first-order valence-electron chi connectivity index (χ1n) is 7.39. The van der Waals surface area contributed by atoms with Crippen LogP contribution >= 0.6 is 0 Å². The first-order chi connectivity index (χ1) is 9.75. The highest BCUT2D eigenvalue weighted by molar-refractivity contribution is 5.81. The number of nitrogens with one attached hydrogen (secondary N) is 1. The van der Waals surface area contributed by atoms with Gasteiger partial charge in [0.1, 0.15) is 6.33 Å². The number of H-pyrrole nitrogens is 1. The van der Waals surface area contributed by atoms with Gasteiger partial charge >= 0.3 is 0 Å². The van der Waals surface area contributed by atoms with Crippen molar-refractivity contribution in [2.45, 2.75) is 25.8 Å². The summed E-state index contributed by atoms with van der Waals surface area (Å²) in [4.78, 5) is 23.0. The molecule has 2 aliphatic heterocycles. The summed E-state index contributed by atoms with van der Waals surface area (Å²) in [6, 6.07) is -0.00928. The molecule has 0 spiro atoms. The van der Waals surface area contributed by atoms with Crippen LogP contribution in [-0.2, 0) is 4.79 Å². The fourth-order valence-electron chi connectivity index (χ4n) is 3.03. The number of anilines is 1. The topological polar surface area (TPSA) is 68.4 Å². The second kappa shape index (κ2) is 5.78. The Labute approximate surface area is 118 Å². The minimum Gasteiger partial charge on any atom is -0.341 e. The van der Waals surface area contributed by atoms with Gasteiger partial charge in [0.25, 0.3) is 0 Å². The largest absolute Gasteiger partial charge is 0.341 e. The van der Waals surface area contributed by atoms with Crippen molar-refractivity contribution in [1.29, 1.82) is 0 Å². The Kier molecular flexibility index (Phi) is 3.86. The second-order valence-corrected chi connectivity index (χ2v) is 5.54. The lowest BCUT2D eigenvalue weighted by Crippen LogP contribution is -2.54. The van der Waals surface area contributed by atoms with Gasteiger partial charge in [-0.2, -0.15) is 10.1 Å². The molecule has 7 nitrogen and oxygen atoms in total. The molecular formula is C13H22N6O. The number of carbonyl (C=O) groups excluding carboxylic acids is 1. The normalized spacial score (nSPS) is 22.2. The number of aromatic nitrogens is 3. The molecule has 7 heteroatoms. The van der Waals surface area contributed by atoms with E-state index in [1.165, 1.54) is 6.33 Å². The Morgan fingerprint density at radius 3 is 2.50 bits per heavy atom. The van der Waals surface area contributed by atoms with E-state index in [4.69, 9.17) is 0 Å². The van der Waals surface area contributed by atoms with Crippen LogP contribution in [0.4, 0.5) is 5.95 Å². The monoisotopic (exact) mass is 278 g/mol. The highest BCUT2D eigenvalue weighted by atomic mass is 16.2. The van der Waals surface area contributed by atoms with E-state index in [1.54, 1.807) is 0 Å². The summed E-state index contributed by atoms with van der Waals surface area (Å²) in [7, 11) is 0. The lowest BCUT2D eigenvalue weighted by Gasteiger charge is -2.38. The Bertz CT molecular complexity index is 434. The second-order valence-electron chi connectivity index (χ2n) is 5.54. The van der Waals surface area contributed by atoms with Gasteiger partial charge in [-0.05, 0) is 19.8 Å². The average Bonchev–Trinajstić information content (AvgIpc) is 3.18. The lowest BCUT2D eigenvalue weighted by molar-refractivity contribution is -0.135. The first kappa shape index (κ1) is 13.4. The van der Waals surface area contributed by atoms with Gasteiger partial charge in [-0.3, -0.25) is 9.69 Å².